The van der Waals surface area contributed by atoms with Crippen LogP contribution in [0.15, 0.2) is 0 Å². The number of rotatable bonds is 72. The van der Waals surface area contributed by atoms with Crippen LogP contribution < -0.4 is 0 Å². The van der Waals surface area contributed by atoms with Crippen LogP contribution in [0.4, 0.5) is 0 Å². The molecule has 0 N–H and O–H groups in total. The highest BCUT2D eigenvalue weighted by atomic mass is 16.6. The van der Waals surface area contributed by atoms with Crippen molar-refractivity contribution >= 4 is 17.9 Å². The van der Waals surface area contributed by atoms with Crippen LogP contribution >= 0.6 is 0 Å². The quantitative estimate of drug-likeness (QED) is 0.0343. The highest BCUT2D eigenvalue weighted by molar-refractivity contribution is 5.71. The van der Waals surface area contributed by atoms with Gasteiger partial charge in [-0.15, -0.1) is 0 Å². The van der Waals surface area contributed by atoms with Crippen molar-refractivity contribution < 1.29 is 28.6 Å². The molecule has 0 aliphatic carbocycles. The summed E-state index contributed by atoms with van der Waals surface area (Å²) in [5, 5.41) is 0. The van der Waals surface area contributed by atoms with Crippen LogP contribution in [-0.4, -0.2) is 37.2 Å². The lowest BCUT2D eigenvalue weighted by molar-refractivity contribution is -0.167. The third-order valence-electron chi connectivity index (χ3n) is 17.9. The van der Waals surface area contributed by atoms with Crippen molar-refractivity contribution in [1.29, 1.82) is 0 Å². The van der Waals surface area contributed by atoms with E-state index in [0.717, 1.165) is 57.8 Å². The van der Waals surface area contributed by atoms with Gasteiger partial charge in [-0.1, -0.05) is 412 Å². The Balaban J connectivity index is 3.91. The van der Waals surface area contributed by atoms with Gasteiger partial charge >= 0.3 is 17.9 Å². The highest BCUT2D eigenvalue weighted by Crippen LogP contribution is 2.20. The average Bonchev–Trinajstić information content (AvgIpc) is 3.48. The van der Waals surface area contributed by atoms with Crippen LogP contribution in [-0.2, 0) is 28.6 Å². The molecule has 0 aromatic carbocycles. The summed E-state index contributed by atoms with van der Waals surface area (Å²) in [5.41, 5.74) is 0. The van der Waals surface area contributed by atoms with Crippen LogP contribution in [0, 0.1) is 0 Å². The maximum absolute atomic E-state index is 12.9. The van der Waals surface area contributed by atoms with E-state index in [1.807, 2.05) is 0 Å². The van der Waals surface area contributed by atoms with Gasteiger partial charge in [-0.2, -0.15) is 0 Å². The lowest BCUT2D eigenvalue weighted by atomic mass is 10.0. The van der Waals surface area contributed by atoms with E-state index >= 15 is 0 Å². The molecule has 0 aromatic rings. The molecule has 1 unspecified atom stereocenters. The SMILES string of the molecule is CCCCCCCCCCCCCCCCCCCCCCCCCCCCCCCCCCCCC(=O)OCC(COC(=O)CCCCCCCCC)OC(=O)CCCCCCCCCCCCCCCCCCCCCCCCC. The van der Waals surface area contributed by atoms with Gasteiger partial charge < -0.3 is 14.2 Å². The van der Waals surface area contributed by atoms with E-state index in [4.69, 9.17) is 14.2 Å². The van der Waals surface area contributed by atoms with Crippen molar-refractivity contribution in [2.24, 2.45) is 0 Å². The van der Waals surface area contributed by atoms with Gasteiger partial charge in [0.05, 0.1) is 0 Å². The normalized spacial score (nSPS) is 11.9. The third kappa shape index (κ3) is 69.2. The molecule has 0 amide bonds. The summed E-state index contributed by atoms with van der Waals surface area (Å²) < 4.78 is 16.9. The summed E-state index contributed by atoms with van der Waals surface area (Å²) in [6, 6.07) is 0. The van der Waals surface area contributed by atoms with Gasteiger partial charge in [-0.05, 0) is 19.3 Å². The molecule has 0 aliphatic rings. The van der Waals surface area contributed by atoms with Crippen molar-refractivity contribution in [2.45, 2.75) is 457 Å². The number of hydrogen-bond acceptors (Lipinski definition) is 6. The fraction of sp³-hybridized carbons (Fsp3) is 0.961. The maximum atomic E-state index is 12.9. The van der Waals surface area contributed by atoms with E-state index in [1.165, 1.54) is 353 Å². The van der Waals surface area contributed by atoms with Gasteiger partial charge in [0, 0.05) is 19.3 Å². The second kappa shape index (κ2) is 71.9. The summed E-state index contributed by atoms with van der Waals surface area (Å²) in [6.45, 7) is 6.70. The van der Waals surface area contributed by atoms with Crippen molar-refractivity contribution in [1.82, 2.24) is 0 Å². The van der Waals surface area contributed by atoms with E-state index < -0.39 is 6.10 Å². The Labute approximate surface area is 514 Å². The Bertz CT molecular complexity index is 1240. The minimum absolute atomic E-state index is 0.0612. The molecule has 0 aromatic heterocycles. The van der Waals surface area contributed by atoms with E-state index in [1.54, 1.807) is 0 Å². The summed E-state index contributed by atoms with van der Waals surface area (Å²) in [4.78, 5) is 38.2. The summed E-state index contributed by atoms with van der Waals surface area (Å²) in [6.07, 6.45) is 86.3. The monoisotopic (exact) mass is 1160 g/mol. The van der Waals surface area contributed by atoms with Crippen LogP contribution in [0.1, 0.15) is 451 Å². The van der Waals surface area contributed by atoms with Crippen LogP contribution in [0.25, 0.3) is 0 Å². The standard InChI is InChI=1S/C76H148O6/c1-4-7-10-13-16-18-20-22-24-26-28-30-32-33-34-35-36-37-38-39-40-41-42-44-45-47-49-51-53-55-57-60-63-66-69-75(78)81-72-73(71-80-74(77)68-65-62-59-15-12-9-6-3)82-76(79)70-67-64-61-58-56-54-52-50-48-46-43-31-29-27-25-23-21-19-17-14-11-8-5-2/h73H,4-72H2,1-3H3. The van der Waals surface area contributed by atoms with Gasteiger partial charge in [-0.3, -0.25) is 14.4 Å². The molecule has 0 bridgehead atoms. The largest absolute Gasteiger partial charge is 0.462 e. The Morgan fingerprint density at radius 3 is 0.488 bits per heavy atom. The van der Waals surface area contributed by atoms with Gasteiger partial charge in [0.1, 0.15) is 13.2 Å². The zero-order chi connectivity index (χ0) is 59.2. The average molecular weight is 1160 g/mol. The van der Waals surface area contributed by atoms with Crippen LogP contribution in [0.2, 0.25) is 0 Å². The summed E-state index contributed by atoms with van der Waals surface area (Å²) in [5.74, 6) is -0.831. The molecule has 0 saturated heterocycles. The summed E-state index contributed by atoms with van der Waals surface area (Å²) >= 11 is 0. The van der Waals surface area contributed by atoms with Gasteiger partial charge in [0.25, 0.3) is 0 Å². The topological polar surface area (TPSA) is 78.9 Å². The first-order valence-electron chi connectivity index (χ1n) is 38.0. The number of ether oxygens (including phenoxy) is 3. The minimum atomic E-state index is -0.762. The van der Waals surface area contributed by atoms with E-state index in [2.05, 4.69) is 20.8 Å². The van der Waals surface area contributed by atoms with Gasteiger partial charge in [0.2, 0.25) is 0 Å². The van der Waals surface area contributed by atoms with Crippen molar-refractivity contribution in [3.8, 4) is 0 Å². The van der Waals surface area contributed by atoms with E-state index in [-0.39, 0.29) is 31.1 Å². The molecule has 488 valence electrons. The summed E-state index contributed by atoms with van der Waals surface area (Å²) in [7, 11) is 0. The Morgan fingerprint density at radius 1 is 0.195 bits per heavy atom. The first-order chi connectivity index (χ1) is 40.5. The molecule has 0 rings (SSSR count). The Morgan fingerprint density at radius 2 is 0.329 bits per heavy atom. The van der Waals surface area contributed by atoms with Gasteiger partial charge in [0.15, 0.2) is 6.10 Å². The predicted octanol–water partition coefficient (Wildman–Crippen LogP) is 26.2. The number of esters is 3. The number of unbranched alkanes of at least 4 members (excludes halogenated alkanes) is 61. The first-order valence-corrected chi connectivity index (χ1v) is 38.0. The second-order valence-corrected chi connectivity index (χ2v) is 26.3. The van der Waals surface area contributed by atoms with Crippen molar-refractivity contribution in [3.63, 3.8) is 0 Å². The van der Waals surface area contributed by atoms with Crippen LogP contribution in [0.5, 0.6) is 0 Å². The number of carbonyl (C=O) groups is 3. The smallest absolute Gasteiger partial charge is 0.306 e. The number of hydrogen-bond donors (Lipinski definition) is 0. The molecule has 0 saturated carbocycles. The molecule has 82 heavy (non-hydrogen) atoms. The Hall–Kier alpha value is -1.59. The maximum Gasteiger partial charge on any atom is 0.306 e. The molecule has 0 heterocycles. The van der Waals surface area contributed by atoms with Crippen molar-refractivity contribution in [3.05, 3.63) is 0 Å². The zero-order valence-corrected chi connectivity index (χ0v) is 56.3. The predicted molar refractivity (Wildman–Crippen MR) is 358 cm³/mol. The lowest BCUT2D eigenvalue weighted by Gasteiger charge is -2.18. The van der Waals surface area contributed by atoms with E-state index in [9.17, 15) is 14.4 Å². The molecule has 6 nitrogen and oxygen atoms in total. The van der Waals surface area contributed by atoms with Gasteiger partial charge in [-0.25, -0.2) is 0 Å². The number of carbonyl (C=O) groups excluding carboxylic acids is 3. The lowest BCUT2D eigenvalue weighted by Crippen LogP contribution is -2.30. The fourth-order valence-electron chi connectivity index (χ4n) is 12.2. The Kier molecular flexibility index (Phi) is 70.5. The highest BCUT2D eigenvalue weighted by Gasteiger charge is 2.20. The molecular formula is C76H148O6. The molecule has 0 spiro atoms. The molecule has 0 fully saturated rings. The van der Waals surface area contributed by atoms with Crippen molar-refractivity contribution in [2.75, 3.05) is 13.2 Å². The molecule has 1 atom stereocenters. The minimum Gasteiger partial charge on any atom is -0.462 e. The van der Waals surface area contributed by atoms with E-state index in [0.29, 0.717) is 19.3 Å². The zero-order valence-electron chi connectivity index (χ0n) is 56.3. The second-order valence-electron chi connectivity index (χ2n) is 26.3. The molecule has 6 heteroatoms. The van der Waals surface area contributed by atoms with Crippen LogP contribution in [0.3, 0.4) is 0 Å². The molecule has 0 aliphatic heterocycles. The molecule has 0 radical (unpaired) electrons. The fourth-order valence-corrected chi connectivity index (χ4v) is 12.2. The molecular weight excluding hydrogens is 1010 g/mol. The first kappa shape index (κ1) is 80.4. The third-order valence-corrected chi connectivity index (χ3v) is 17.9.